The zero-order chi connectivity index (χ0) is 23.4. The normalized spacial score (nSPS) is 63.0. The Labute approximate surface area is 155 Å². The number of aliphatic hydroxyl groups is 1. The highest BCUT2D eigenvalue weighted by molar-refractivity contribution is 5.83. The van der Waals surface area contributed by atoms with E-state index in [1.807, 2.05) is 13.8 Å². The fraction of sp³-hybridized carbons (Fsp3) is 0.905. The van der Waals surface area contributed by atoms with Gasteiger partial charge in [-0.3, -0.25) is 9.59 Å². The SMILES string of the molecule is [2H]C([2H])(O)C(=O)[C@@]1([2H])CCC2C3CC[C@H]4C([2H])([2H])C(=O)C([2H])([2H])CC4(C)C3CCC21C. The van der Waals surface area contributed by atoms with Gasteiger partial charge in [0.15, 0.2) is 5.78 Å². The second kappa shape index (κ2) is 5.65. The Morgan fingerprint density at radius 3 is 2.71 bits per heavy atom. The average Bonchev–Trinajstić information content (AvgIpc) is 2.90. The van der Waals surface area contributed by atoms with Gasteiger partial charge in [0, 0.05) is 25.5 Å². The molecule has 3 nitrogen and oxygen atoms in total. The van der Waals surface area contributed by atoms with Gasteiger partial charge in [-0.05, 0) is 79.4 Å². The molecule has 4 rings (SSSR count). The van der Waals surface area contributed by atoms with Gasteiger partial charge in [0.25, 0.3) is 0 Å². The molecule has 0 spiro atoms. The minimum Gasteiger partial charge on any atom is -0.389 e. The van der Waals surface area contributed by atoms with Gasteiger partial charge < -0.3 is 5.11 Å². The van der Waals surface area contributed by atoms with Crippen LogP contribution in [0.1, 0.15) is 81.1 Å². The van der Waals surface area contributed by atoms with Crippen molar-refractivity contribution in [2.75, 3.05) is 6.56 Å². The van der Waals surface area contributed by atoms with E-state index in [0.29, 0.717) is 32.1 Å². The van der Waals surface area contributed by atoms with Crippen LogP contribution in [0.3, 0.4) is 0 Å². The van der Waals surface area contributed by atoms with Crippen LogP contribution >= 0.6 is 0 Å². The van der Waals surface area contributed by atoms with Crippen molar-refractivity contribution in [1.82, 2.24) is 0 Å². The summed E-state index contributed by atoms with van der Waals surface area (Å²) in [4.78, 5) is 25.3. The van der Waals surface area contributed by atoms with Crippen molar-refractivity contribution in [3.8, 4) is 0 Å². The maximum atomic E-state index is 12.8. The Bertz CT molecular complexity index is 824. The van der Waals surface area contributed by atoms with Gasteiger partial charge in [-0.25, -0.2) is 0 Å². The highest BCUT2D eigenvalue weighted by Crippen LogP contribution is 2.67. The van der Waals surface area contributed by atoms with E-state index in [4.69, 9.17) is 9.60 Å². The second-order valence-electron chi connectivity index (χ2n) is 8.75. The van der Waals surface area contributed by atoms with Crippen LogP contribution in [0.2, 0.25) is 0 Å². The van der Waals surface area contributed by atoms with Crippen LogP contribution in [-0.2, 0) is 9.59 Å². The molecule has 3 heteroatoms. The number of hydrogen-bond acceptors (Lipinski definition) is 3. The first kappa shape index (κ1) is 10.4. The third-order valence-corrected chi connectivity index (χ3v) is 7.96. The van der Waals surface area contributed by atoms with Crippen molar-refractivity contribution < 1.29 is 24.3 Å². The summed E-state index contributed by atoms with van der Waals surface area (Å²) < 4.78 is 57.3. The summed E-state index contributed by atoms with van der Waals surface area (Å²) in [6, 6.07) is 0. The zero-order valence-corrected chi connectivity index (χ0v) is 14.5. The molecular weight excluding hydrogens is 300 g/mol. The minimum absolute atomic E-state index is 0.0161. The fourth-order valence-corrected chi connectivity index (χ4v) is 6.68. The van der Waals surface area contributed by atoms with E-state index < -0.39 is 53.5 Å². The van der Waals surface area contributed by atoms with E-state index in [2.05, 4.69) is 0 Å². The monoisotopic (exact) mass is 339 g/mol. The molecule has 1 N–H and O–H groups in total. The van der Waals surface area contributed by atoms with Gasteiger partial charge in [0.2, 0.25) is 0 Å². The van der Waals surface area contributed by atoms with Crippen LogP contribution < -0.4 is 0 Å². The third kappa shape index (κ3) is 2.19. The molecule has 4 aliphatic carbocycles. The molecule has 134 valence electrons. The Morgan fingerprint density at radius 1 is 1.21 bits per heavy atom. The Kier molecular flexibility index (Phi) is 2.46. The molecule has 0 heterocycles. The molecule has 0 aromatic rings. The predicted molar refractivity (Wildman–Crippen MR) is 92.3 cm³/mol. The van der Waals surface area contributed by atoms with Gasteiger partial charge in [0.1, 0.15) is 12.3 Å². The molecule has 0 saturated heterocycles. The lowest BCUT2D eigenvalue weighted by Crippen LogP contribution is -2.54. The molecule has 4 aliphatic rings. The highest BCUT2D eigenvalue weighted by atomic mass is 16.3. The zero-order valence-electron chi connectivity index (χ0n) is 21.5. The minimum atomic E-state index is -3.06. The number of rotatable bonds is 2. The molecule has 4 fully saturated rings. The van der Waals surface area contributed by atoms with E-state index in [1.165, 1.54) is 0 Å². The Morgan fingerprint density at radius 2 is 1.96 bits per heavy atom. The summed E-state index contributed by atoms with van der Waals surface area (Å²) >= 11 is 0. The van der Waals surface area contributed by atoms with E-state index >= 15 is 0 Å². The first-order valence-electron chi connectivity index (χ1n) is 12.8. The lowest BCUT2D eigenvalue weighted by Gasteiger charge is -2.60. The highest BCUT2D eigenvalue weighted by Gasteiger charge is 2.60. The van der Waals surface area contributed by atoms with Gasteiger partial charge in [-0.2, -0.15) is 0 Å². The quantitative estimate of drug-likeness (QED) is 0.833. The van der Waals surface area contributed by atoms with Crippen molar-refractivity contribution in [3.63, 3.8) is 0 Å². The predicted octanol–water partition coefficient (Wildman–Crippen LogP) is 3.78. The number of carbonyl (C=O) groups is 2. The van der Waals surface area contributed by atoms with Crippen molar-refractivity contribution in [2.45, 2.75) is 71.5 Å². The summed E-state index contributed by atoms with van der Waals surface area (Å²) in [5.41, 5.74) is -1.50. The van der Waals surface area contributed by atoms with E-state index in [0.717, 1.165) is 0 Å². The number of hydrogen-bond donors (Lipinski definition) is 1. The topological polar surface area (TPSA) is 54.4 Å². The van der Waals surface area contributed by atoms with Crippen molar-refractivity contribution >= 4 is 11.6 Å². The van der Waals surface area contributed by atoms with Gasteiger partial charge in [-0.1, -0.05) is 13.8 Å². The number of ketones is 2. The first-order valence-corrected chi connectivity index (χ1v) is 9.25. The Balaban J connectivity index is 1.71. The van der Waals surface area contributed by atoms with Gasteiger partial charge in [0.05, 0.1) is 2.74 Å². The van der Waals surface area contributed by atoms with Gasteiger partial charge in [-0.15, -0.1) is 0 Å². The molecule has 5 unspecified atom stereocenters. The largest absolute Gasteiger partial charge is 0.389 e. The summed E-state index contributed by atoms with van der Waals surface area (Å²) in [5.74, 6) is -4.33. The maximum absolute atomic E-state index is 12.8. The van der Waals surface area contributed by atoms with Crippen LogP contribution in [-0.4, -0.2) is 23.2 Å². The molecule has 0 aromatic heterocycles. The molecule has 0 radical (unpaired) electrons. The van der Waals surface area contributed by atoms with E-state index in [9.17, 15) is 14.7 Å². The summed E-state index contributed by atoms with van der Waals surface area (Å²) in [5, 5.41) is 9.73. The molecule has 24 heavy (non-hydrogen) atoms. The molecule has 0 aromatic carbocycles. The molecular formula is C21H32O3. The standard InChI is InChI=1S/C21H32O3/c1-20-9-7-14(23)11-13(20)3-4-15-16-5-6-18(19(24)12-22)21(16,2)10-8-17(15)20/h13,15-18,22H,3-12H2,1-2H3/t13-,15?,16?,17?,18+,20?,21?/m0/s1/i7D2,11D2,12D2,18D. The molecule has 7 atom stereocenters. The van der Waals surface area contributed by atoms with Crippen molar-refractivity contribution in [1.29, 1.82) is 0 Å². The van der Waals surface area contributed by atoms with Crippen molar-refractivity contribution in [2.24, 2.45) is 40.4 Å². The van der Waals surface area contributed by atoms with E-state index in [-0.39, 0.29) is 30.6 Å². The Hall–Kier alpha value is -0.700. The van der Waals surface area contributed by atoms with E-state index in [1.54, 1.807) is 0 Å². The van der Waals surface area contributed by atoms with Crippen LogP contribution in [0, 0.1) is 40.4 Å². The average molecular weight is 340 g/mol. The lowest BCUT2D eigenvalue weighted by atomic mass is 9.44. The van der Waals surface area contributed by atoms with Crippen LogP contribution in [0.15, 0.2) is 0 Å². The van der Waals surface area contributed by atoms with Crippen LogP contribution in [0.5, 0.6) is 0 Å². The van der Waals surface area contributed by atoms with Crippen LogP contribution in [0.25, 0.3) is 0 Å². The second-order valence-corrected chi connectivity index (χ2v) is 8.75. The fourth-order valence-electron chi connectivity index (χ4n) is 6.68. The maximum Gasteiger partial charge on any atom is 0.161 e. The summed E-state index contributed by atoms with van der Waals surface area (Å²) in [6.45, 7) is 0.713. The van der Waals surface area contributed by atoms with Gasteiger partial charge >= 0.3 is 0 Å². The smallest absolute Gasteiger partial charge is 0.161 e. The number of fused-ring (bicyclic) bond motifs is 5. The molecule has 4 saturated carbocycles. The number of Topliss-reactive ketones (excluding diaryl/α,β-unsaturated/α-hetero) is 2. The summed E-state index contributed by atoms with van der Waals surface area (Å²) in [6.07, 6.45) is -1.58. The number of carbonyl (C=O) groups excluding carboxylic acids is 2. The van der Waals surface area contributed by atoms with Crippen LogP contribution in [0.4, 0.5) is 0 Å². The summed E-state index contributed by atoms with van der Waals surface area (Å²) in [7, 11) is 0. The molecule has 0 amide bonds. The third-order valence-electron chi connectivity index (χ3n) is 7.96. The van der Waals surface area contributed by atoms with Crippen molar-refractivity contribution in [3.05, 3.63) is 0 Å². The molecule has 0 aliphatic heterocycles. The first-order chi connectivity index (χ1) is 13.9. The molecule has 0 bridgehead atoms. The lowest BCUT2D eigenvalue weighted by molar-refractivity contribution is -0.144.